The first kappa shape index (κ1) is 12.0. The van der Waals surface area contributed by atoms with Crippen molar-refractivity contribution >= 4 is 17.7 Å². The molecule has 0 spiro atoms. The van der Waals surface area contributed by atoms with Crippen LogP contribution in [0.3, 0.4) is 0 Å². The van der Waals surface area contributed by atoms with E-state index in [-0.39, 0.29) is 4.75 Å². The van der Waals surface area contributed by atoms with Gasteiger partial charge in [0.1, 0.15) is 0 Å². The Morgan fingerprint density at radius 1 is 1.33 bits per heavy atom. The van der Waals surface area contributed by atoms with Crippen molar-refractivity contribution in [3.05, 3.63) is 0 Å². The van der Waals surface area contributed by atoms with Gasteiger partial charge in [-0.25, -0.2) is 4.40 Å². The molecule has 0 N–H and O–H groups in total. The van der Waals surface area contributed by atoms with Crippen molar-refractivity contribution < 1.29 is 0 Å². The summed E-state index contributed by atoms with van der Waals surface area (Å²) in [7, 11) is 0. The van der Waals surface area contributed by atoms with Gasteiger partial charge in [0, 0.05) is 10.5 Å². The molecule has 0 aromatic carbocycles. The Morgan fingerprint density at radius 3 is 2.17 bits per heavy atom. The predicted molar refractivity (Wildman–Crippen MR) is 59.9 cm³/mol. The van der Waals surface area contributed by atoms with Gasteiger partial charge in [0.25, 0.3) is 0 Å². The zero-order valence-corrected chi connectivity index (χ0v) is 9.96. The average Bonchev–Trinajstić information content (AvgIpc) is 1.80. The molecule has 0 aliphatic rings. The van der Waals surface area contributed by atoms with Crippen molar-refractivity contribution in [3.8, 4) is 0 Å². The van der Waals surface area contributed by atoms with E-state index in [9.17, 15) is 0 Å². The highest BCUT2D eigenvalue weighted by molar-refractivity contribution is 7.99. The third kappa shape index (κ3) is 8.12. The summed E-state index contributed by atoms with van der Waals surface area (Å²) in [4.78, 5) is 0. The van der Waals surface area contributed by atoms with Crippen molar-refractivity contribution in [1.29, 1.82) is 0 Å². The van der Waals surface area contributed by atoms with E-state index in [0.29, 0.717) is 5.92 Å². The van der Waals surface area contributed by atoms with Crippen LogP contribution in [0.4, 0.5) is 0 Å². The highest BCUT2D eigenvalue weighted by Gasteiger charge is 2.10. The monoisotopic (exact) mass is 187 g/mol. The lowest BCUT2D eigenvalue weighted by molar-refractivity contribution is 0.683. The standard InChI is InChI=1S/C10H21NS/c1-8(2)7-9(3)11-12-10(4,5)6/h8H,7H2,1-6H3. The van der Waals surface area contributed by atoms with Crippen LogP contribution in [0.2, 0.25) is 0 Å². The van der Waals surface area contributed by atoms with Crippen molar-refractivity contribution in [1.82, 2.24) is 0 Å². The van der Waals surface area contributed by atoms with E-state index < -0.39 is 0 Å². The van der Waals surface area contributed by atoms with E-state index in [1.54, 1.807) is 11.9 Å². The Kier molecular flexibility index (Phi) is 4.91. The summed E-state index contributed by atoms with van der Waals surface area (Å²) in [6.07, 6.45) is 1.11. The van der Waals surface area contributed by atoms with E-state index in [4.69, 9.17) is 0 Å². The third-order valence-corrected chi connectivity index (χ3v) is 2.13. The second-order valence-electron chi connectivity index (χ2n) is 4.63. The minimum absolute atomic E-state index is 0.248. The molecule has 0 bridgehead atoms. The fourth-order valence-electron chi connectivity index (χ4n) is 0.843. The Labute approximate surface area is 81.2 Å². The van der Waals surface area contributed by atoms with Gasteiger partial charge in [-0.15, -0.1) is 0 Å². The normalized spacial score (nSPS) is 14.1. The van der Waals surface area contributed by atoms with Gasteiger partial charge in [0.2, 0.25) is 0 Å². The molecule has 0 saturated heterocycles. The van der Waals surface area contributed by atoms with Gasteiger partial charge >= 0.3 is 0 Å². The lowest BCUT2D eigenvalue weighted by atomic mass is 10.1. The van der Waals surface area contributed by atoms with Crippen LogP contribution in [-0.2, 0) is 0 Å². The van der Waals surface area contributed by atoms with Crippen LogP contribution in [0.25, 0.3) is 0 Å². The maximum atomic E-state index is 4.47. The van der Waals surface area contributed by atoms with Gasteiger partial charge in [-0.2, -0.15) is 0 Å². The van der Waals surface area contributed by atoms with Crippen LogP contribution in [0, 0.1) is 5.92 Å². The van der Waals surface area contributed by atoms with Gasteiger partial charge in [-0.05, 0) is 52.0 Å². The second kappa shape index (κ2) is 4.90. The number of nitrogens with zero attached hydrogens (tertiary/aromatic N) is 1. The first-order chi connectivity index (χ1) is 5.31. The summed E-state index contributed by atoms with van der Waals surface area (Å²) in [5.41, 5.74) is 1.25. The van der Waals surface area contributed by atoms with Crippen LogP contribution in [0.15, 0.2) is 4.40 Å². The highest BCUT2D eigenvalue weighted by Crippen LogP contribution is 2.24. The van der Waals surface area contributed by atoms with E-state index in [1.807, 2.05) is 0 Å². The molecule has 1 nitrogen and oxygen atoms in total. The van der Waals surface area contributed by atoms with E-state index in [0.717, 1.165) is 6.42 Å². The molecule has 2 heteroatoms. The highest BCUT2D eigenvalue weighted by atomic mass is 32.2. The van der Waals surface area contributed by atoms with Gasteiger partial charge in [-0.1, -0.05) is 13.8 Å². The maximum absolute atomic E-state index is 4.47. The number of hydrogen-bond donors (Lipinski definition) is 0. The molecule has 72 valence electrons. The largest absolute Gasteiger partial charge is 0.225 e. The van der Waals surface area contributed by atoms with Gasteiger partial charge in [-0.3, -0.25) is 0 Å². The summed E-state index contributed by atoms with van der Waals surface area (Å²) in [5.74, 6) is 0.717. The molecule has 0 aromatic rings. The summed E-state index contributed by atoms with van der Waals surface area (Å²) in [6.45, 7) is 13.1. The quantitative estimate of drug-likeness (QED) is 0.481. The van der Waals surface area contributed by atoms with Crippen LogP contribution >= 0.6 is 11.9 Å². The summed E-state index contributed by atoms with van der Waals surface area (Å²) in [5, 5.41) is 0. The van der Waals surface area contributed by atoms with Crippen LogP contribution < -0.4 is 0 Å². The van der Waals surface area contributed by atoms with Crippen LogP contribution in [0.1, 0.15) is 48.0 Å². The Morgan fingerprint density at radius 2 is 1.83 bits per heavy atom. The van der Waals surface area contributed by atoms with E-state index >= 15 is 0 Å². The van der Waals surface area contributed by atoms with E-state index in [2.05, 4.69) is 45.9 Å². The molecule has 12 heavy (non-hydrogen) atoms. The molecule has 0 aromatic heterocycles. The molecule has 0 unspecified atom stereocenters. The van der Waals surface area contributed by atoms with Gasteiger partial charge in [0.05, 0.1) is 0 Å². The smallest absolute Gasteiger partial charge is 0.0294 e. The van der Waals surface area contributed by atoms with Crippen LogP contribution in [-0.4, -0.2) is 10.5 Å². The molecule has 0 fully saturated rings. The number of rotatable bonds is 3. The molecule has 0 rings (SSSR count). The molecule has 0 radical (unpaired) electrons. The maximum Gasteiger partial charge on any atom is 0.0294 e. The van der Waals surface area contributed by atoms with Crippen LogP contribution in [0.5, 0.6) is 0 Å². The first-order valence-electron chi connectivity index (χ1n) is 4.53. The topological polar surface area (TPSA) is 12.4 Å². The van der Waals surface area contributed by atoms with Crippen molar-refractivity contribution in [3.63, 3.8) is 0 Å². The van der Waals surface area contributed by atoms with E-state index in [1.165, 1.54) is 5.71 Å². The molecular formula is C10H21NS. The second-order valence-corrected chi connectivity index (χ2v) is 6.22. The molecular weight excluding hydrogens is 166 g/mol. The molecule has 0 aliphatic carbocycles. The summed E-state index contributed by atoms with van der Waals surface area (Å²) >= 11 is 1.67. The average molecular weight is 187 g/mol. The SMILES string of the molecule is CC(CC(C)C)=NSC(C)(C)C. The number of hydrogen-bond acceptors (Lipinski definition) is 2. The van der Waals surface area contributed by atoms with Gasteiger partial charge < -0.3 is 0 Å². The molecule has 0 heterocycles. The van der Waals surface area contributed by atoms with Crippen molar-refractivity contribution in [2.24, 2.45) is 10.3 Å². The van der Waals surface area contributed by atoms with Crippen molar-refractivity contribution in [2.45, 2.75) is 52.7 Å². The molecule has 0 atom stereocenters. The fourth-order valence-corrected chi connectivity index (χ4v) is 1.35. The molecule has 0 saturated carbocycles. The summed E-state index contributed by atoms with van der Waals surface area (Å²) < 4.78 is 4.72. The van der Waals surface area contributed by atoms with Crippen molar-refractivity contribution in [2.75, 3.05) is 0 Å². The zero-order valence-electron chi connectivity index (χ0n) is 9.14. The first-order valence-corrected chi connectivity index (χ1v) is 5.30. The minimum atomic E-state index is 0.248. The minimum Gasteiger partial charge on any atom is -0.225 e. The zero-order chi connectivity index (χ0) is 9.78. The predicted octanol–water partition coefficient (Wildman–Crippen LogP) is 3.94. The Bertz CT molecular complexity index is 154. The van der Waals surface area contributed by atoms with Gasteiger partial charge in [0.15, 0.2) is 0 Å². The lowest BCUT2D eigenvalue weighted by Gasteiger charge is -2.14. The summed E-state index contributed by atoms with van der Waals surface area (Å²) in [6, 6.07) is 0. The fraction of sp³-hybridized carbons (Fsp3) is 0.900. The molecule has 0 amide bonds. The third-order valence-electron chi connectivity index (χ3n) is 1.18. The Hall–Kier alpha value is 0.0200. The molecule has 0 aliphatic heterocycles. The lowest BCUT2D eigenvalue weighted by Crippen LogP contribution is -2.06. The Balaban J connectivity index is 3.85.